The van der Waals surface area contributed by atoms with Crippen LogP contribution in [0.15, 0.2) is 24.4 Å². The summed E-state index contributed by atoms with van der Waals surface area (Å²) >= 11 is 0. The van der Waals surface area contributed by atoms with Crippen molar-refractivity contribution in [2.24, 2.45) is 5.41 Å². The second-order valence-electron chi connectivity index (χ2n) is 4.34. The van der Waals surface area contributed by atoms with Gasteiger partial charge in [-0.2, -0.15) is 0 Å². The largest absolute Gasteiger partial charge is 0.360 e. The number of nitrogens with zero attached hydrogens (tertiary/aromatic N) is 1. The highest BCUT2D eigenvalue weighted by molar-refractivity contribution is 5.64. The molecule has 1 aromatic rings. The van der Waals surface area contributed by atoms with Crippen LogP contribution >= 0.6 is 0 Å². The number of hydrogen-bond donors (Lipinski definition) is 1. The smallest absolute Gasteiger partial charge is 0.142 e. The van der Waals surface area contributed by atoms with Gasteiger partial charge in [0.05, 0.1) is 6.04 Å². The van der Waals surface area contributed by atoms with E-state index in [0.717, 1.165) is 12.1 Å². The number of hydrogen-bond acceptors (Lipinski definition) is 3. The molecule has 0 saturated heterocycles. The standard InChI is InChI=1S/C11H16N2O/c1-11(2,3)9(8-14)13-10-6-4-5-7-12-10/h4-9H,1-3H3,(H,12,13)/t9-/m1/s1. The molecule has 1 rings (SSSR count). The van der Waals surface area contributed by atoms with Crippen LogP contribution in [0.3, 0.4) is 0 Å². The molecule has 1 aromatic heterocycles. The normalized spacial score (nSPS) is 13.4. The quantitative estimate of drug-likeness (QED) is 0.746. The monoisotopic (exact) mass is 192 g/mol. The molecule has 0 amide bonds. The number of aromatic nitrogens is 1. The minimum absolute atomic E-state index is 0.0979. The Kier molecular flexibility index (Phi) is 3.23. The van der Waals surface area contributed by atoms with Gasteiger partial charge in [0.25, 0.3) is 0 Å². The number of pyridine rings is 1. The summed E-state index contributed by atoms with van der Waals surface area (Å²) in [5.41, 5.74) is -0.0979. The van der Waals surface area contributed by atoms with Gasteiger partial charge in [-0.15, -0.1) is 0 Å². The first-order valence-electron chi connectivity index (χ1n) is 4.67. The third-order valence-corrected chi connectivity index (χ3v) is 2.04. The summed E-state index contributed by atoms with van der Waals surface area (Å²) in [5, 5.41) is 3.09. The molecule has 0 fully saturated rings. The average molecular weight is 192 g/mol. The first-order valence-corrected chi connectivity index (χ1v) is 4.67. The Hall–Kier alpha value is -1.38. The highest BCUT2D eigenvalue weighted by Gasteiger charge is 2.23. The van der Waals surface area contributed by atoms with Crippen LogP contribution in [-0.2, 0) is 4.79 Å². The van der Waals surface area contributed by atoms with E-state index in [9.17, 15) is 4.79 Å². The van der Waals surface area contributed by atoms with Crippen molar-refractivity contribution < 1.29 is 4.79 Å². The average Bonchev–Trinajstić information content (AvgIpc) is 2.14. The molecule has 76 valence electrons. The van der Waals surface area contributed by atoms with Gasteiger partial charge in [0.15, 0.2) is 0 Å². The van der Waals surface area contributed by atoms with E-state index >= 15 is 0 Å². The van der Waals surface area contributed by atoms with E-state index < -0.39 is 0 Å². The van der Waals surface area contributed by atoms with E-state index in [1.807, 2.05) is 39.0 Å². The van der Waals surface area contributed by atoms with Crippen LogP contribution < -0.4 is 5.32 Å². The molecule has 1 heterocycles. The maximum atomic E-state index is 10.9. The summed E-state index contributed by atoms with van der Waals surface area (Å²) in [6, 6.07) is 5.37. The molecule has 0 bridgehead atoms. The van der Waals surface area contributed by atoms with Crippen molar-refractivity contribution in [1.29, 1.82) is 0 Å². The van der Waals surface area contributed by atoms with Crippen molar-refractivity contribution in [2.75, 3.05) is 5.32 Å². The lowest BCUT2D eigenvalue weighted by atomic mass is 9.88. The number of rotatable bonds is 3. The zero-order chi connectivity index (χ0) is 10.6. The third kappa shape index (κ3) is 2.83. The van der Waals surface area contributed by atoms with E-state index in [1.54, 1.807) is 6.20 Å². The summed E-state index contributed by atoms with van der Waals surface area (Å²) in [6.07, 6.45) is 2.63. The summed E-state index contributed by atoms with van der Waals surface area (Å²) in [7, 11) is 0. The van der Waals surface area contributed by atoms with Crippen molar-refractivity contribution in [3.05, 3.63) is 24.4 Å². The molecule has 0 aromatic carbocycles. The molecule has 0 spiro atoms. The molecule has 0 aliphatic carbocycles. The van der Waals surface area contributed by atoms with Gasteiger partial charge in [-0.05, 0) is 17.5 Å². The molecule has 0 saturated carbocycles. The molecule has 0 radical (unpaired) electrons. The minimum atomic E-state index is -0.211. The predicted molar refractivity (Wildman–Crippen MR) is 57.2 cm³/mol. The third-order valence-electron chi connectivity index (χ3n) is 2.04. The highest BCUT2D eigenvalue weighted by atomic mass is 16.1. The first kappa shape index (κ1) is 10.7. The Morgan fingerprint density at radius 3 is 2.57 bits per heavy atom. The lowest BCUT2D eigenvalue weighted by molar-refractivity contribution is -0.110. The number of anilines is 1. The van der Waals surface area contributed by atoms with E-state index in [4.69, 9.17) is 0 Å². The highest BCUT2D eigenvalue weighted by Crippen LogP contribution is 2.20. The molecule has 0 unspecified atom stereocenters. The fraction of sp³-hybridized carbons (Fsp3) is 0.455. The summed E-state index contributed by atoms with van der Waals surface area (Å²) < 4.78 is 0. The van der Waals surface area contributed by atoms with Crippen molar-refractivity contribution in [1.82, 2.24) is 4.98 Å². The maximum Gasteiger partial charge on any atom is 0.142 e. The van der Waals surface area contributed by atoms with E-state index in [1.165, 1.54) is 0 Å². The van der Waals surface area contributed by atoms with Gasteiger partial charge < -0.3 is 10.1 Å². The van der Waals surface area contributed by atoms with Crippen molar-refractivity contribution in [3.63, 3.8) is 0 Å². The molecule has 14 heavy (non-hydrogen) atoms. The molecular weight excluding hydrogens is 176 g/mol. The maximum absolute atomic E-state index is 10.9. The van der Waals surface area contributed by atoms with Crippen LogP contribution in [0, 0.1) is 5.41 Å². The summed E-state index contributed by atoms with van der Waals surface area (Å²) in [6.45, 7) is 6.05. The first-order chi connectivity index (χ1) is 6.54. The van der Waals surface area contributed by atoms with Crippen molar-refractivity contribution in [3.8, 4) is 0 Å². The van der Waals surface area contributed by atoms with E-state index in [-0.39, 0.29) is 11.5 Å². The van der Waals surface area contributed by atoms with Crippen LogP contribution in [0.2, 0.25) is 0 Å². The fourth-order valence-corrected chi connectivity index (χ4v) is 1.06. The van der Waals surface area contributed by atoms with Gasteiger partial charge >= 0.3 is 0 Å². The lowest BCUT2D eigenvalue weighted by Crippen LogP contribution is -2.35. The van der Waals surface area contributed by atoms with E-state index in [2.05, 4.69) is 10.3 Å². The lowest BCUT2D eigenvalue weighted by Gasteiger charge is -2.27. The Bertz CT molecular complexity index is 290. The summed E-state index contributed by atoms with van der Waals surface area (Å²) in [4.78, 5) is 15.0. The molecule has 1 atom stereocenters. The zero-order valence-corrected chi connectivity index (χ0v) is 8.82. The molecule has 0 aliphatic heterocycles. The molecule has 3 heteroatoms. The van der Waals surface area contributed by atoms with Gasteiger partial charge in [0, 0.05) is 6.20 Å². The topological polar surface area (TPSA) is 42.0 Å². The number of nitrogens with one attached hydrogen (secondary N) is 1. The molecular formula is C11H16N2O. The number of carbonyl (C=O) groups is 1. The van der Waals surface area contributed by atoms with Crippen molar-refractivity contribution in [2.45, 2.75) is 26.8 Å². The molecule has 1 N–H and O–H groups in total. The van der Waals surface area contributed by atoms with Gasteiger partial charge in [0.2, 0.25) is 0 Å². The molecule has 0 aliphatic rings. The number of aldehydes is 1. The van der Waals surface area contributed by atoms with Crippen LogP contribution in [-0.4, -0.2) is 17.3 Å². The minimum Gasteiger partial charge on any atom is -0.360 e. The second kappa shape index (κ2) is 4.22. The van der Waals surface area contributed by atoms with Crippen LogP contribution in [0.5, 0.6) is 0 Å². The van der Waals surface area contributed by atoms with Crippen LogP contribution in [0.4, 0.5) is 5.82 Å². The molecule has 3 nitrogen and oxygen atoms in total. The number of carbonyl (C=O) groups excluding carboxylic acids is 1. The van der Waals surface area contributed by atoms with Crippen LogP contribution in [0.25, 0.3) is 0 Å². The van der Waals surface area contributed by atoms with Gasteiger partial charge in [-0.3, -0.25) is 0 Å². The predicted octanol–water partition coefficient (Wildman–Crippen LogP) is 2.11. The van der Waals surface area contributed by atoms with Gasteiger partial charge in [-0.25, -0.2) is 4.98 Å². The Labute approximate surface area is 84.6 Å². The van der Waals surface area contributed by atoms with E-state index in [0.29, 0.717) is 0 Å². The SMILES string of the molecule is CC(C)(C)[C@@H](C=O)Nc1ccccn1. The zero-order valence-electron chi connectivity index (χ0n) is 8.82. The van der Waals surface area contributed by atoms with Crippen molar-refractivity contribution >= 4 is 12.1 Å². The van der Waals surface area contributed by atoms with Crippen LogP contribution in [0.1, 0.15) is 20.8 Å². The summed E-state index contributed by atoms with van der Waals surface area (Å²) in [5.74, 6) is 0.736. The fourth-order valence-electron chi connectivity index (χ4n) is 1.06. The van der Waals surface area contributed by atoms with Gasteiger partial charge in [-0.1, -0.05) is 26.8 Å². The second-order valence-corrected chi connectivity index (χ2v) is 4.34. The van der Waals surface area contributed by atoms with Gasteiger partial charge in [0.1, 0.15) is 12.1 Å². The Morgan fingerprint density at radius 2 is 2.14 bits per heavy atom. The Balaban J connectivity index is 2.72. The Morgan fingerprint density at radius 1 is 1.43 bits per heavy atom.